The second-order valence-electron chi connectivity index (χ2n) is 22.1. The first-order valence-corrected chi connectivity index (χ1v) is 34.1. The molecule has 48 heteroatoms. The molecule has 700 valence electrons. The van der Waals surface area contributed by atoms with Gasteiger partial charge in [0.25, 0.3) is 0 Å². The number of benzene rings is 4. The maximum absolute atomic E-state index is 12.7. The summed E-state index contributed by atoms with van der Waals surface area (Å²) in [5.74, 6) is -14.0. The van der Waals surface area contributed by atoms with Gasteiger partial charge in [0.15, 0.2) is 0 Å². The van der Waals surface area contributed by atoms with Crippen molar-refractivity contribution in [3.63, 3.8) is 0 Å². The third-order valence-corrected chi connectivity index (χ3v) is 14.4. The zero-order valence-electron chi connectivity index (χ0n) is 67.0. The molecular weight excluding hydrogens is 1940 g/mol. The zero-order chi connectivity index (χ0) is 95.4. The number of ether oxygens (including phenoxy) is 2. The van der Waals surface area contributed by atoms with Crippen LogP contribution in [-0.4, -0.2) is 113 Å². The van der Waals surface area contributed by atoms with E-state index in [0.717, 1.165) is 52.7 Å². The fourth-order valence-electron chi connectivity index (χ4n) is 8.86. The van der Waals surface area contributed by atoms with Crippen LogP contribution in [0.25, 0.3) is 21.3 Å². The zero-order valence-corrected chi connectivity index (χ0v) is 71.0. The minimum absolute atomic E-state index is 0. The van der Waals surface area contributed by atoms with Crippen LogP contribution in [0.4, 0.5) is 93.0 Å². The third kappa shape index (κ3) is 40.5. The normalized spacial score (nSPS) is 10.2. The van der Waals surface area contributed by atoms with Crippen LogP contribution in [0.3, 0.4) is 0 Å². The molecule has 12 aromatic rings. The number of nitriles is 4. The molecular formula is C82H68F16N16Ni4O12. The first-order valence-electron chi connectivity index (χ1n) is 34.1. The van der Waals surface area contributed by atoms with Crippen molar-refractivity contribution in [1.82, 2.24) is 39.9 Å². The van der Waals surface area contributed by atoms with Crippen molar-refractivity contribution < 1.29 is 197 Å². The van der Waals surface area contributed by atoms with Crippen LogP contribution in [0.15, 0.2) is 268 Å². The fourth-order valence-corrected chi connectivity index (χ4v) is 8.86. The SMILES string of the molecule is CO.CO.CO.CO.COC([O-])(c1ccccn1)c1ccccn1.COC([O-])(c1ccccn1)c1ccccn1.N#C[N-]c1ccc(F)c(C(F)(F)F)c1.N#C[N-]c1ccc(F)c(C(F)(F)F)c1.N#C[N-]c1ccc(F)c(C(F)(F)F)c1.N#C[N-]c1ccc(F)c(C(F)(F)F)c1.[Ni+2].[Ni+2].[Ni+2].[Ni+2].[O-]C(O)(c1ccccn1)c1ccccn1.[O-]C(O)(c1ccccn1)c1ccccn1. The van der Waals surface area contributed by atoms with Gasteiger partial charge in [-0.3, -0.25) is 39.9 Å². The first kappa shape index (κ1) is 124. The number of aromatic nitrogens is 8. The van der Waals surface area contributed by atoms with E-state index in [-0.39, 0.29) is 111 Å². The quantitative estimate of drug-likeness (QED) is 0.0255. The molecule has 12 rings (SSSR count). The number of hydrogen-bond acceptors (Lipinski definition) is 24. The summed E-state index contributed by atoms with van der Waals surface area (Å²) in [6, 6.07) is 48.1. The van der Waals surface area contributed by atoms with Crippen LogP contribution >= 0.6 is 0 Å². The Morgan fingerprint density at radius 3 is 0.531 bits per heavy atom. The van der Waals surface area contributed by atoms with Gasteiger partial charge in [-0.1, -0.05) is 97.6 Å². The van der Waals surface area contributed by atoms with Crippen LogP contribution in [-0.2, 0) is 123 Å². The van der Waals surface area contributed by atoms with Crippen molar-refractivity contribution in [3.8, 4) is 24.8 Å². The number of nitrogens with zero attached hydrogens (tertiary/aromatic N) is 16. The number of halogens is 16. The molecule has 0 saturated carbocycles. The van der Waals surface area contributed by atoms with Gasteiger partial charge in [-0.25, -0.2) is 17.6 Å². The Morgan fingerprint density at radius 2 is 0.415 bits per heavy atom. The van der Waals surface area contributed by atoms with Crippen molar-refractivity contribution in [2.45, 2.75) is 47.9 Å². The van der Waals surface area contributed by atoms with Gasteiger partial charge in [0.05, 0.1) is 91.0 Å². The monoisotopic (exact) mass is 2000 g/mol. The average Bonchev–Trinajstić information content (AvgIpc) is 0.795. The fraction of sp³-hybridized carbons (Fsp3) is 0.171. The molecule has 0 aliphatic rings. The van der Waals surface area contributed by atoms with Gasteiger partial charge in [-0.15, -0.1) is 0 Å². The van der Waals surface area contributed by atoms with Crippen LogP contribution in [0.5, 0.6) is 0 Å². The number of methoxy groups -OCH3 is 2. The number of hydrogen-bond donors (Lipinski definition) is 6. The summed E-state index contributed by atoms with van der Waals surface area (Å²) in [7, 11) is 6.72. The standard InChI is InChI=1S/2C12H11N2O2.2C11H9N2O2.4C8H3F4N2.4CH4O.4Ni/c2*1-16-12(15,10-6-2-4-8-13-10)11-7-3-5-9-14-11;2*14-11(15,9-5-1-3-7-12-9)10-6-2-4-8-13-10;4*9-7-2-1-5(14-4-13)3-6(7)8(10,11)12;4*1-2;;;;/h2*2-9H,1H3;2*1-8,14H;4*1-3H;4*2H,1H3;;;;/q8*-1;;;;;4*+2. The summed E-state index contributed by atoms with van der Waals surface area (Å²) in [6.45, 7) is 0. The van der Waals surface area contributed by atoms with E-state index in [1.807, 2.05) is 0 Å². The van der Waals surface area contributed by atoms with Gasteiger partial charge in [0.2, 0.25) is 0 Å². The Labute approximate surface area is 771 Å². The van der Waals surface area contributed by atoms with Crippen LogP contribution in [0.2, 0.25) is 0 Å². The molecule has 0 saturated heterocycles. The topological polar surface area (TPSA) is 487 Å². The largest absolute Gasteiger partial charge is 2.00 e. The number of rotatable bonds is 14. The van der Waals surface area contributed by atoms with E-state index in [9.17, 15) is 101 Å². The maximum atomic E-state index is 12.7. The molecule has 0 radical (unpaired) electrons. The van der Waals surface area contributed by atoms with Gasteiger partial charge in [0, 0.05) is 92.2 Å². The Hall–Kier alpha value is -12.4. The predicted octanol–water partition coefficient (Wildman–Crippen LogP) is 13.2. The van der Waals surface area contributed by atoms with Crippen LogP contribution in [0, 0.1) is 69.1 Å². The summed E-state index contributed by atoms with van der Waals surface area (Å²) in [5.41, 5.74) is -5.18. The molecule has 8 aromatic heterocycles. The molecule has 130 heavy (non-hydrogen) atoms. The summed E-state index contributed by atoms with van der Waals surface area (Å²) >= 11 is 0. The van der Waals surface area contributed by atoms with E-state index in [4.69, 9.17) is 50.9 Å². The van der Waals surface area contributed by atoms with Crippen molar-refractivity contribution in [2.75, 3.05) is 42.7 Å². The Balaban J connectivity index is -0.000000687. The Kier molecular flexibility index (Phi) is 59.8. The van der Waals surface area contributed by atoms with E-state index < -0.39 is 93.4 Å². The molecule has 0 aliphatic heterocycles. The van der Waals surface area contributed by atoms with Gasteiger partial charge in [-0.2, -0.15) is 52.7 Å². The number of aliphatic hydroxyl groups is 6. The van der Waals surface area contributed by atoms with Crippen molar-refractivity contribution in [2.24, 2.45) is 0 Å². The van der Waals surface area contributed by atoms with Gasteiger partial charge >= 0.3 is 90.7 Å². The maximum Gasteiger partial charge on any atom is 2.00 e. The molecule has 8 heterocycles. The second kappa shape index (κ2) is 62.7. The van der Waals surface area contributed by atoms with Crippen molar-refractivity contribution in [3.05, 3.63) is 380 Å². The van der Waals surface area contributed by atoms with Crippen LogP contribution in [0.1, 0.15) is 67.8 Å². The minimum atomic E-state index is -4.77. The smallest absolute Gasteiger partial charge is 0.819 e. The van der Waals surface area contributed by atoms with E-state index in [2.05, 4.69) is 61.1 Å². The molecule has 0 unspecified atom stereocenters. The Bertz CT molecular complexity index is 4650. The molecule has 0 atom stereocenters. The number of aliphatic hydroxyl groups excluding tert-OH is 4. The first-order chi connectivity index (χ1) is 59.8. The molecule has 0 bridgehead atoms. The van der Waals surface area contributed by atoms with E-state index in [1.165, 1.54) is 88.0 Å². The molecule has 0 amide bonds. The van der Waals surface area contributed by atoms with Gasteiger partial charge in [0.1, 0.15) is 23.3 Å². The summed E-state index contributed by atoms with van der Waals surface area (Å²) in [5, 5.41) is 141. The van der Waals surface area contributed by atoms with Crippen molar-refractivity contribution in [1.29, 1.82) is 21.0 Å². The molecule has 0 spiro atoms. The van der Waals surface area contributed by atoms with Gasteiger partial charge in [-0.05, 0) is 168 Å². The van der Waals surface area contributed by atoms with E-state index >= 15 is 0 Å². The molecule has 6 N–H and O–H groups in total. The third-order valence-electron chi connectivity index (χ3n) is 14.4. The minimum Gasteiger partial charge on any atom is -0.819 e. The molecule has 28 nitrogen and oxygen atoms in total. The molecule has 0 fully saturated rings. The number of pyridine rings is 8. The van der Waals surface area contributed by atoms with Gasteiger partial charge < -0.3 is 103 Å². The number of alkyl halides is 12. The molecule has 0 aliphatic carbocycles. The average molecular weight is 2010 g/mol. The summed E-state index contributed by atoms with van der Waals surface area (Å²) in [4.78, 5) is 31.4. The predicted molar refractivity (Wildman–Crippen MR) is 408 cm³/mol. The second-order valence-corrected chi connectivity index (χ2v) is 22.1. The Morgan fingerprint density at radius 1 is 0.269 bits per heavy atom. The summed E-state index contributed by atoms with van der Waals surface area (Å²) < 4.78 is 206. The van der Waals surface area contributed by atoms with Crippen molar-refractivity contribution >= 4 is 22.7 Å². The van der Waals surface area contributed by atoms with Crippen LogP contribution < -0.4 is 20.4 Å². The molecule has 4 aromatic carbocycles. The van der Waals surface area contributed by atoms with E-state index in [1.54, 1.807) is 146 Å². The summed E-state index contributed by atoms with van der Waals surface area (Å²) in [6.07, 6.45) is -1.75. The van der Waals surface area contributed by atoms with E-state index in [0.29, 0.717) is 71.3 Å².